The molecule has 0 amide bonds. The minimum absolute atomic E-state index is 0.280. The maximum atomic E-state index is 11.8. The molecule has 3 aromatic rings. The lowest BCUT2D eigenvalue weighted by Crippen LogP contribution is -2.16. The molecule has 0 fully saturated rings. The highest BCUT2D eigenvalue weighted by atomic mass is 16.4. The third-order valence-corrected chi connectivity index (χ3v) is 2.81. The highest BCUT2D eigenvalue weighted by Crippen LogP contribution is 2.10. The molecule has 102 valence electrons. The number of fused-ring (bicyclic) bond motifs is 1. The van der Waals surface area contributed by atoms with Crippen LogP contribution in [0.4, 0.5) is 5.82 Å². The summed E-state index contributed by atoms with van der Waals surface area (Å²) in [5.41, 5.74) is 1.65. The molecule has 3 heterocycles. The fourth-order valence-corrected chi connectivity index (χ4v) is 1.91. The Morgan fingerprint density at radius 2 is 2.20 bits per heavy atom. The second-order valence-corrected chi connectivity index (χ2v) is 4.20. The van der Waals surface area contributed by atoms with Gasteiger partial charge in [0.2, 0.25) is 0 Å². The molecule has 1 N–H and O–H groups in total. The van der Waals surface area contributed by atoms with E-state index in [-0.39, 0.29) is 6.54 Å². The first-order valence-electron chi connectivity index (χ1n) is 6.27. The Hall–Kier alpha value is -2.70. The third-order valence-electron chi connectivity index (χ3n) is 2.81. The first kappa shape index (κ1) is 12.3. The molecule has 0 unspecified atom stereocenters. The largest absolute Gasteiger partial charge is 0.421 e. The van der Waals surface area contributed by atoms with Gasteiger partial charge < -0.3 is 9.73 Å². The van der Waals surface area contributed by atoms with Crippen LogP contribution >= 0.6 is 0 Å². The van der Waals surface area contributed by atoms with Crippen molar-refractivity contribution in [2.45, 2.75) is 13.5 Å². The Kier molecular flexibility index (Phi) is 3.16. The van der Waals surface area contributed by atoms with Crippen molar-refractivity contribution in [3.63, 3.8) is 0 Å². The Balaban J connectivity index is 1.93. The number of hydrogen-bond acceptors (Lipinski definition) is 6. The summed E-state index contributed by atoms with van der Waals surface area (Å²) in [6, 6.07) is 3.43. The summed E-state index contributed by atoms with van der Waals surface area (Å²) < 4.78 is 6.55. The molecule has 3 aromatic heterocycles. The molecule has 20 heavy (non-hydrogen) atoms. The van der Waals surface area contributed by atoms with Gasteiger partial charge in [0.05, 0.1) is 24.6 Å². The van der Waals surface area contributed by atoms with Gasteiger partial charge in [-0.3, -0.25) is 9.55 Å². The fraction of sp³-hybridized carbons (Fsp3) is 0.231. The van der Waals surface area contributed by atoms with Crippen molar-refractivity contribution in [1.29, 1.82) is 0 Å². The highest BCUT2D eigenvalue weighted by molar-refractivity contribution is 5.67. The number of hydrogen-bond donors (Lipinski definition) is 1. The van der Waals surface area contributed by atoms with Crippen LogP contribution in [0.25, 0.3) is 11.2 Å². The quantitative estimate of drug-likeness (QED) is 0.768. The molecular formula is C13H13N5O2. The normalized spacial score (nSPS) is 10.8. The Morgan fingerprint density at radius 1 is 1.30 bits per heavy atom. The first-order chi connectivity index (χ1) is 9.78. The number of oxazole rings is 1. The summed E-state index contributed by atoms with van der Waals surface area (Å²) in [7, 11) is 0. The van der Waals surface area contributed by atoms with Crippen molar-refractivity contribution in [2.75, 3.05) is 11.9 Å². The molecule has 7 nitrogen and oxygen atoms in total. The number of aromatic nitrogens is 4. The molecule has 0 bridgehead atoms. The fourth-order valence-electron chi connectivity index (χ4n) is 1.91. The summed E-state index contributed by atoms with van der Waals surface area (Å²) in [5.74, 6) is 0.259. The van der Waals surface area contributed by atoms with E-state index in [1.54, 1.807) is 30.7 Å². The van der Waals surface area contributed by atoms with Gasteiger partial charge in [-0.25, -0.2) is 14.8 Å². The topological polar surface area (TPSA) is 85.8 Å². The standard InChI is InChI=1S/C13H13N5O2/c1-2-14-11-7-16-9(6-17-11)8-18-12-10(20-13(18)19)4-3-5-15-12/h3-7H,2,8H2,1H3,(H,14,17). The summed E-state index contributed by atoms with van der Waals surface area (Å²) in [5, 5.41) is 3.06. The summed E-state index contributed by atoms with van der Waals surface area (Å²) >= 11 is 0. The van der Waals surface area contributed by atoms with Crippen molar-refractivity contribution >= 4 is 17.0 Å². The minimum atomic E-state index is -0.448. The molecule has 0 saturated heterocycles. The Labute approximate surface area is 114 Å². The highest BCUT2D eigenvalue weighted by Gasteiger charge is 2.10. The van der Waals surface area contributed by atoms with Crippen LogP contribution in [0.1, 0.15) is 12.6 Å². The Bertz CT molecular complexity index is 775. The molecule has 0 spiro atoms. The van der Waals surface area contributed by atoms with Gasteiger partial charge in [-0.1, -0.05) is 0 Å². The van der Waals surface area contributed by atoms with Crippen LogP contribution in [-0.2, 0) is 6.54 Å². The molecule has 3 rings (SSSR count). The van der Waals surface area contributed by atoms with E-state index in [1.807, 2.05) is 6.92 Å². The lowest BCUT2D eigenvalue weighted by Gasteiger charge is -2.03. The predicted octanol–water partition coefficient (Wildman–Crippen LogP) is 1.26. The molecule has 7 heteroatoms. The van der Waals surface area contributed by atoms with Gasteiger partial charge in [0.15, 0.2) is 11.2 Å². The molecule has 0 aliphatic carbocycles. The average molecular weight is 271 g/mol. The van der Waals surface area contributed by atoms with Gasteiger partial charge in [-0.15, -0.1) is 0 Å². The SMILES string of the molecule is CCNc1cnc(Cn2c(=O)oc3cccnc32)cn1. The summed E-state index contributed by atoms with van der Waals surface area (Å²) in [4.78, 5) is 24.4. The zero-order valence-corrected chi connectivity index (χ0v) is 10.9. The maximum absolute atomic E-state index is 11.8. The molecule has 0 radical (unpaired) electrons. The van der Waals surface area contributed by atoms with Crippen LogP contribution in [0.3, 0.4) is 0 Å². The molecular weight excluding hydrogens is 258 g/mol. The number of pyridine rings is 1. The van der Waals surface area contributed by atoms with Crippen LogP contribution in [0.2, 0.25) is 0 Å². The minimum Gasteiger partial charge on any atom is -0.406 e. The Morgan fingerprint density at radius 3 is 2.95 bits per heavy atom. The number of rotatable bonds is 4. The summed E-state index contributed by atoms with van der Waals surface area (Å²) in [6.45, 7) is 3.05. The van der Waals surface area contributed by atoms with Gasteiger partial charge in [-0.05, 0) is 19.1 Å². The van der Waals surface area contributed by atoms with Gasteiger partial charge in [0.25, 0.3) is 0 Å². The van der Waals surface area contributed by atoms with Crippen molar-refractivity contribution in [3.8, 4) is 0 Å². The van der Waals surface area contributed by atoms with Gasteiger partial charge in [-0.2, -0.15) is 0 Å². The van der Waals surface area contributed by atoms with Crippen LogP contribution in [0.15, 0.2) is 39.9 Å². The van der Waals surface area contributed by atoms with E-state index in [2.05, 4.69) is 20.3 Å². The summed E-state index contributed by atoms with van der Waals surface area (Å²) in [6.07, 6.45) is 4.89. The second kappa shape index (κ2) is 5.12. The van der Waals surface area contributed by atoms with Crippen molar-refractivity contribution in [3.05, 3.63) is 47.0 Å². The first-order valence-corrected chi connectivity index (χ1v) is 6.27. The lowest BCUT2D eigenvalue weighted by molar-refractivity contribution is 0.515. The van der Waals surface area contributed by atoms with E-state index in [4.69, 9.17) is 4.42 Å². The van der Waals surface area contributed by atoms with E-state index in [0.717, 1.165) is 6.54 Å². The predicted molar refractivity (Wildman–Crippen MR) is 73.6 cm³/mol. The second-order valence-electron chi connectivity index (χ2n) is 4.20. The lowest BCUT2D eigenvalue weighted by atomic mass is 10.4. The van der Waals surface area contributed by atoms with E-state index in [1.165, 1.54) is 4.57 Å². The zero-order valence-electron chi connectivity index (χ0n) is 10.9. The monoisotopic (exact) mass is 271 g/mol. The molecule has 0 atom stereocenters. The maximum Gasteiger partial charge on any atom is 0.421 e. The van der Waals surface area contributed by atoms with Crippen molar-refractivity contribution < 1.29 is 4.42 Å². The number of nitrogens with zero attached hydrogens (tertiary/aromatic N) is 4. The van der Waals surface area contributed by atoms with E-state index in [0.29, 0.717) is 22.7 Å². The third kappa shape index (κ3) is 2.25. The van der Waals surface area contributed by atoms with E-state index < -0.39 is 5.76 Å². The van der Waals surface area contributed by atoms with Crippen LogP contribution in [0.5, 0.6) is 0 Å². The van der Waals surface area contributed by atoms with Crippen LogP contribution < -0.4 is 11.1 Å². The van der Waals surface area contributed by atoms with Crippen molar-refractivity contribution in [1.82, 2.24) is 19.5 Å². The van der Waals surface area contributed by atoms with Gasteiger partial charge >= 0.3 is 5.76 Å². The van der Waals surface area contributed by atoms with Gasteiger partial charge in [0.1, 0.15) is 5.82 Å². The van der Waals surface area contributed by atoms with Gasteiger partial charge in [0, 0.05) is 12.7 Å². The molecule has 0 saturated carbocycles. The van der Waals surface area contributed by atoms with Crippen LogP contribution in [-0.4, -0.2) is 26.1 Å². The molecule has 0 aliphatic rings. The number of anilines is 1. The average Bonchev–Trinajstić information content (AvgIpc) is 2.78. The van der Waals surface area contributed by atoms with Crippen molar-refractivity contribution in [2.24, 2.45) is 0 Å². The van der Waals surface area contributed by atoms with Crippen LogP contribution in [0, 0.1) is 0 Å². The smallest absolute Gasteiger partial charge is 0.406 e. The molecule has 0 aromatic carbocycles. The van der Waals surface area contributed by atoms with E-state index >= 15 is 0 Å². The zero-order chi connectivity index (χ0) is 13.9. The van der Waals surface area contributed by atoms with E-state index in [9.17, 15) is 4.79 Å². The molecule has 0 aliphatic heterocycles. The number of nitrogens with one attached hydrogen (secondary N) is 1.